The minimum atomic E-state index is -0.872. The van der Waals surface area contributed by atoms with Gasteiger partial charge < -0.3 is 22.1 Å². The van der Waals surface area contributed by atoms with Crippen LogP contribution in [0.3, 0.4) is 0 Å². The molecule has 1 fully saturated rings. The summed E-state index contributed by atoms with van der Waals surface area (Å²) in [5, 5.41) is 15.0. The van der Waals surface area contributed by atoms with E-state index in [4.69, 9.17) is 11.5 Å². The molecule has 0 heterocycles. The third kappa shape index (κ3) is 10.6. The highest BCUT2D eigenvalue weighted by Gasteiger charge is 2.29. The number of amides is 3. The minimum absolute atomic E-state index is 0.126. The number of aliphatic imine (C=N–C) groups is 1. The van der Waals surface area contributed by atoms with E-state index in [9.17, 15) is 24.5 Å². The molecule has 0 unspecified atom stereocenters. The van der Waals surface area contributed by atoms with Crippen molar-refractivity contribution in [1.29, 1.82) is 0 Å². The zero-order valence-electron chi connectivity index (χ0n) is 18.3. The third-order valence-corrected chi connectivity index (χ3v) is 5.11. The van der Waals surface area contributed by atoms with Crippen LogP contribution in [0.5, 0.6) is 0 Å². The maximum absolute atomic E-state index is 12.8. The summed E-state index contributed by atoms with van der Waals surface area (Å²) in [6.45, 7) is 3.94. The Hall–Kier alpha value is -2.92. The summed E-state index contributed by atoms with van der Waals surface area (Å²) in [7, 11) is 0. The molecular formula is C19H35N7O5. The molecule has 1 rings (SSSR count). The Morgan fingerprint density at radius 1 is 1.10 bits per heavy atom. The summed E-state index contributed by atoms with van der Waals surface area (Å²) in [6, 6.07) is -1.71. The highest BCUT2D eigenvalue weighted by Crippen LogP contribution is 2.24. The van der Waals surface area contributed by atoms with Crippen molar-refractivity contribution in [3.05, 3.63) is 10.1 Å². The molecule has 31 heavy (non-hydrogen) atoms. The van der Waals surface area contributed by atoms with Gasteiger partial charge in [-0.3, -0.25) is 14.4 Å². The Kier molecular flexibility index (Phi) is 11.3. The number of hydrazine groups is 1. The van der Waals surface area contributed by atoms with Gasteiger partial charge in [-0.15, -0.1) is 0 Å². The second-order valence-electron chi connectivity index (χ2n) is 8.27. The van der Waals surface area contributed by atoms with Crippen molar-refractivity contribution < 1.29 is 19.4 Å². The van der Waals surface area contributed by atoms with E-state index in [-0.39, 0.29) is 36.7 Å². The molecule has 0 spiro atoms. The van der Waals surface area contributed by atoms with Crippen LogP contribution < -0.4 is 27.5 Å². The molecule has 0 saturated heterocycles. The average molecular weight is 442 g/mol. The molecule has 12 heteroatoms. The van der Waals surface area contributed by atoms with Crippen molar-refractivity contribution in [2.45, 2.75) is 77.3 Å². The fraction of sp³-hybridized carbons (Fsp3) is 0.789. The molecule has 1 aliphatic carbocycles. The van der Waals surface area contributed by atoms with Gasteiger partial charge in [0.2, 0.25) is 17.7 Å². The minimum Gasteiger partial charge on any atom is -0.368 e. The fourth-order valence-electron chi connectivity index (χ4n) is 3.54. The SMILES string of the molecule is CC(C)C[C@H](NC(=O)[C@H](CCCN=C(N)N[N+](=O)[O-])NC(=O)C1CCCCC1)C(N)=O. The average Bonchev–Trinajstić information content (AvgIpc) is 2.69. The van der Waals surface area contributed by atoms with Crippen LogP contribution >= 0.6 is 0 Å². The summed E-state index contributed by atoms with van der Waals surface area (Å²) in [6.07, 6.45) is 5.57. The zero-order chi connectivity index (χ0) is 23.4. The number of guanidine groups is 1. The van der Waals surface area contributed by atoms with Crippen molar-refractivity contribution in [2.75, 3.05) is 6.54 Å². The van der Waals surface area contributed by atoms with Gasteiger partial charge in [0.1, 0.15) is 12.1 Å². The largest absolute Gasteiger partial charge is 0.368 e. The van der Waals surface area contributed by atoms with Crippen LogP contribution in [-0.4, -0.2) is 47.3 Å². The molecule has 1 saturated carbocycles. The lowest BCUT2D eigenvalue weighted by Crippen LogP contribution is -2.54. The van der Waals surface area contributed by atoms with Crippen molar-refractivity contribution in [3.8, 4) is 0 Å². The molecule has 0 aromatic heterocycles. The van der Waals surface area contributed by atoms with Gasteiger partial charge in [-0.2, -0.15) is 0 Å². The van der Waals surface area contributed by atoms with E-state index in [2.05, 4.69) is 15.6 Å². The fourth-order valence-corrected chi connectivity index (χ4v) is 3.54. The summed E-state index contributed by atoms with van der Waals surface area (Å²) in [4.78, 5) is 51.4. The molecule has 0 bridgehead atoms. The van der Waals surface area contributed by atoms with Gasteiger partial charge in [-0.25, -0.2) is 15.1 Å². The van der Waals surface area contributed by atoms with Crippen molar-refractivity contribution in [2.24, 2.45) is 28.3 Å². The van der Waals surface area contributed by atoms with Gasteiger partial charge >= 0.3 is 0 Å². The summed E-state index contributed by atoms with van der Waals surface area (Å²) >= 11 is 0. The Labute approximate surface area is 182 Å². The molecular weight excluding hydrogens is 406 g/mol. The van der Waals surface area contributed by atoms with E-state index in [0.717, 1.165) is 32.1 Å². The number of nitrogens with two attached hydrogens (primary N) is 2. The first-order valence-electron chi connectivity index (χ1n) is 10.7. The van der Waals surface area contributed by atoms with Gasteiger partial charge in [0.25, 0.3) is 5.96 Å². The lowest BCUT2D eigenvalue weighted by atomic mass is 9.88. The van der Waals surface area contributed by atoms with Crippen LogP contribution in [0.4, 0.5) is 0 Å². The van der Waals surface area contributed by atoms with Gasteiger partial charge in [-0.05, 0) is 38.0 Å². The Morgan fingerprint density at radius 2 is 1.74 bits per heavy atom. The topological polar surface area (TPSA) is 195 Å². The first-order chi connectivity index (χ1) is 14.6. The second kappa shape index (κ2) is 13.4. The number of carbonyl (C=O) groups excluding carboxylic acids is 3. The van der Waals surface area contributed by atoms with Crippen LogP contribution in [0.1, 0.15) is 65.2 Å². The van der Waals surface area contributed by atoms with E-state index in [1.807, 2.05) is 13.8 Å². The van der Waals surface area contributed by atoms with E-state index in [1.54, 1.807) is 5.43 Å². The molecule has 0 aromatic carbocycles. The smallest absolute Gasteiger partial charge is 0.251 e. The Bertz CT molecular complexity index is 662. The molecule has 176 valence electrons. The first kappa shape index (κ1) is 26.1. The normalized spacial score (nSPS) is 16.9. The van der Waals surface area contributed by atoms with Crippen molar-refractivity contribution >= 4 is 23.7 Å². The predicted molar refractivity (Wildman–Crippen MR) is 115 cm³/mol. The van der Waals surface area contributed by atoms with Gasteiger partial charge in [0.05, 0.1) is 0 Å². The molecule has 2 atom stereocenters. The van der Waals surface area contributed by atoms with E-state index < -0.39 is 28.9 Å². The molecule has 0 radical (unpaired) electrons. The van der Waals surface area contributed by atoms with Crippen molar-refractivity contribution in [1.82, 2.24) is 16.1 Å². The highest BCUT2D eigenvalue weighted by atomic mass is 16.7. The quantitative estimate of drug-likeness (QED) is 0.0919. The lowest BCUT2D eigenvalue weighted by Gasteiger charge is -2.26. The number of nitrogens with zero attached hydrogens (tertiary/aromatic N) is 2. The lowest BCUT2D eigenvalue weighted by molar-refractivity contribution is -0.525. The Morgan fingerprint density at radius 3 is 2.29 bits per heavy atom. The highest BCUT2D eigenvalue weighted by molar-refractivity contribution is 5.92. The molecule has 0 aliphatic heterocycles. The summed E-state index contributed by atoms with van der Waals surface area (Å²) in [5.41, 5.74) is 12.5. The van der Waals surface area contributed by atoms with Crippen LogP contribution in [0.25, 0.3) is 0 Å². The number of rotatable bonds is 12. The first-order valence-corrected chi connectivity index (χ1v) is 10.7. The summed E-state index contributed by atoms with van der Waals surface area (Å²) < 4.78 is 0. The monoisotopic (exact) mass is 441 g/mol. The molecule has 0 aromatic rings. The van der Waals surface area contributed by atoms with Gasteiger partial charge in [0.15, 0.2) is 5.03 Å². The van der Waals surface area contributed by atoms with Crippen LogP contribution in [-0.2, 0) is 14.4 Å². The van der Waals surface area contributed by atoms with Crippen molar-refractivity contribution in [3.63, 3.8) is 0 Å². The van der Waals surface area contributed by atoms with E-state index in [1.165, 1.54) is 0 Å². The molecule has 7 N–H and O–H groups in total. The van der Waals surface area contributed by atoms with Gasteiger partial charge in [-0.1, -0.05) is 38.5 Å². The number of nitrogens with one attached hydrogen (secondary N) is 3. The molecule has 1 aliphatic rings. The molecule has 3 amide bonds. The Balaban J connectivity index is 2.77. The van der Waals surface area contributed by atoms with Gasteiger partial charge in [0, 0.05) is 12.5 Å². The second-order valence-corrected chi connectivity index (χ2v) is 8.27. The zero-order valence-corrected chi connectivity index (χ0v) is 18.3. The van der Waals surface area contributed by atoms with Crippen LogP contribution in [0, 0.1) is 22.0 Å². The van der Waals surface area contributed by atoms with Crippen LogP contribution in [0.15, 0.2) is 4.99 Å². The number of primary amides is 1. The van der Waals surface area contributed by atoms with E-state index in [0.29, 0.717) is 12.8 Å². The maximum atomic E-state index is 12.8. The number of carbonyl (C=O) groups is 3. The number of hydrogen-bond acceptors (Lipinski definition) is 6. The number of nitro groups is 1. The summed E-state index contributed by atoms with van der Waals surface area (Å²) in [5.74, 6) is -1.65. The molecule has 12 nitrogen and oxygen atoms in total. The number of hydrogen-bond donors (Lipinski definition) is 5. The predicted octanol–water partition coefficient (Wildman–Crippen LogP) is -0.0561. The standard InChI is InChI=1S/C19H35N7O5/c1-12(2)11-15(16(20)27)24-18(29)14(9-6-10-22-19(21)25-26(30)31)23-17(28)13-7-4-3-5-8-13/h12-15H,3-11H2,1-2H3,(H2,20,27)(H,23,28)(H,24,29)(H3,21,22,25)/t14-,15-/m0/s1. The van der Waals surface area contributed by atoms with Crippen LogP contribution in [0.2, 0.25) is 0 Å². The third-order valence-electron chi connectivity index (χ3n) is 5.11. The van der Waals surface area contributed by atoms with E-state index >= 15 is 0 Å². The maximum Gasteiger partial charge on any atom is 0.251 e.